The Morgan fingerprint density at radius 3 is 2.67 bits per heavy atom. The van der Waals surface area contributed by atoms with Crippen molar-refractivity contribution in [2.24, 2.45) is 10.8 Å². The van der Waals surface area contributed by atoms with E-state index < -0.39 is 0 Å². The van der Waals surface area contributed by atoms with Crippen LogP contribution in [-0.2, 0) is 0 Å². The zero-order valence-electron chi connectivity index (χ0n) is 12.3. The molecule has 0 amide bonds. The molecule has 0 aromatic rings. The van der Waals surface area contributed by atoms with E-state index in [-0.39, 0.29) is 5.41 Å². The van der Waals surface area contributed by atoms with Crippen molar-refractivity contribution in [1.29, 1.82) is 0 Å². The summed E-state index contributed by atoms with van der Waals surface area (Å²) in [5, 5.41) is 3.67. The Labute approximate surface area is 112 Å². The Morgan fingerprint density at radius 1 is 1.33 bits per heavy atom. The quantitative estimate of drug-likeness (QED) is 0.718. The Hall–Kier alpha value is -0.820. The highest BCUT2D eigenvalue weighted by Gasteiger charge is 2.35. The van der Waals surface area contributed by atoms with Crippen LogP contribution in [0.3, 0.4) is 0 Å². The highest BCUT2D eigenvalue weighted by Crippen LogP contribution is 2.38. The van der Waals surface area contributed by atoms with E-state index in [1.54, 1.807) is 0 Å². The first-order valence-electron chi connectivity index (χ1n) is 7.11. The van der Waals surface area contributed by atoms with Crippen LogP contribution in [0.15, 0.2) is 36.0 Å². The summed E-state index contributed by atoms with van der Waals surface area (Å²) in [6.45, 7) is 14.6. The molecule has 0 aromatic carbocycles. The van der Waals surface area contributed by atoms with E-state index >= 15 is 0 Å². The number of allylic oxidation sites excluding steroid dienone is 3. The molecule has 1 aliphatic heterocycles. The monoisotopic (exact) mass is 245 g/mol. The van der Waals surface area contributed by atoms with Gasteiger partial charge >= 0.3 is 0 Å². The van der Waals surface area contributed by atoms with Gasteiger partial charge in [-0.15, -0.1) is 0 Å². The summed E-state index contributed by atoms with van der Waals surface area (Å²) in [6.07, 6.45) is 10.5. The number of hydrogen-bond acceptors (Lipinski definition) is 1. The molecule has 0 aromatic heterocycles. The summed E-state index contributed by atoms with van der Waals surface area (Å²) in [5.74, 6) is 0. The molecule has 0 radical (unpaired) electrons. The molecule has 1 N–H and O–H groups in total. The third-order valence-electron chi connectivity index (χ3n) is 4.68. The summed E-state index contributed by atoms with van der Waals surface area (Å²) in [7, 11) is 0. The van der Waals surface area contributed by atoms with Crippen molar-refractivity contribution in [3.8, 4) is 0 Å². The van der Waals surface area contributed by atoms with Gasteiger partial charge in [-0.2, -0.15) is 0 Å². The van der Waals surface area contributed by atoms with Gasteiger partial charge in [-0.05, 0) is 31.2 Å². The van der Waals surface area contributed by atoms with E-state index in [2.05, 4.69) is 57.8 Å². The molecule has 1 fully saturated rings. The van der Waals surface area contributed by atoms with Gasteiger partial charge in [0.05, 0.1) is 0 Å². The molecule has 1 heteroatoms. The van der Waals surface area contributed by atoms with Crippen LogP contribution in [0.2, 0.25) is 0 Å². The van der Waals surface area contributed by atoms with Crippen molar-refractivity contribution in [3.63, 3.8) is 0 Å². The topological polar surface area (TPSA) is 12.0 Å². The van der Waals surface area contributed by atoms with Crippen molar-refractivity contribution in [3.05, 3.63) is 36.0 Å². The Morgan fingerprint density at radius 2 is 2.06 bits per heavy atom. The largest absolute Gasteiger partial charge is 0.312 e. The zero-order chi connectivity index (χ0) is 13.4. The van der Waals surface area contributed by atoms with E-state index in [0.717, 1.165) is 25.8 Å². The van der Waals surface area contributed by atoms with Gasteiger partial charge in [0.1, 0.15) is 0 Å². The van der Waals surface area contributed by atoms with Crippen molar-refractivity contribution in [1.82, 2.24) is 5.32 Å². The second kappa shape index (κ2) is 4.70. The third kappa shape index (κ3) is 2.77. The maximum absolute atomic E-state index is 4.26. The second-order valence-corrected chi connectivity index (χ2v) is 7.09. The van der Waals surface area contributed by atoms with Crippen LogP contribution in [0.5, 0.6) is 0 Å². The molecule has 0 spiro atoms. The molecule has 0 bridgehead atoms. The molecule has 100 valence electrons. The molecule has 1 atom stereocenters. The van der Waals surface area contributed by atoms with Crippen LogP contribution >= 0.6 is 0 Å². The molecule has 1 aliphatic carbocycles. The summed E-state index contributed by atoms with van der Waals surface area (Å²) in [5.41, 5.74) is 3.42. The molecule has 0 unspecified atom stereocenters. The van der Waals surface area contributed by atoms with Crippen LogP contribution < -0.4 is 5.32 Å². The van der Waals surface area contributed by atoms with Gasteiger partial charge in [0.15, 0.2) is 0 Å². The summed E-state index contributed by atoms with van der Waals surface area (Å²) >= 11 is 0. The second-order valence-electron chi connectivity index (χ2n) is 7.09. The highest BCUT2D eigenvalue weighted by atomic mass is 14.9. The average Bonchev–Trinajstić information content (AvgIpc) is 2.28. The first-order chi connectivity index (χ1) is 8.31. The lowest BCUT2D eigenvalue weighted by Gasteiger charge is -2.42. The Balaban J connectivity index is 2.04. The van der Waals surface area contributed by atoms with Gasteiger partial charge in [-0.1, -0.05) is 63.6 Å². The Bertz CT molecular complexity index is 396. The summed E-state index contributed by atoms with van der Waals surface area (Å²) in [6, 6.07) is 0.524. The minimum absolute atomic E-state index is 0.208. The number of rotatable bonds is 2. The van der Waals surface area contributed by atoms with E-state index in [1.165, 1.54) is 11.1 Å². The van der Waals surface area contributed by atoms with E-state index in [4.69, 9.17) is 0 Å². The predicted molar refractivity (Wildman–Crippen MR) is 79.6 cm³/mol. The zero-order valence-corrected chi connectivity index (χ0v) is 12.3. The first kappa shape index (κ1) is 13.6. The van der Waals surface area contributed by atoms with Crippen LogP contribution in [0.25, 0.3) is 0 Å². The van der Waals surface area contributed by atoms with Crippen LogP contribution in [0.4, 0.5) is 0 Å². The number of piperidine rings is 1. The SMILES string of the molecule is C=C1CCN[C@H](CC2=CCC(C)(C)C=C2)C1(C)C. The van der Waals surface area contributed by atoms with Gasteiger partial charge in [-0.25, -0.2) is 0 Å². The molecule has 2 rings (SSSR count). The lowest BCUT2D eigenvalue weighted by Crippen LogP contribution is -2.48. The van der Waals surface area contributed by atoms with Gasteiger partial charge < -0.3 is 5.32 Å². The van der Waals surface area contributed by atoms with Crippen LogP contribution in [0.1, 0.15) is 47.0 Å². The summed E-state index contributed by atoms with van der Waals surface area (Å²) < 4.78 is 0. The fourth-order valence-corrected chi connectivity index (χ4v) is 2.80. The molecular formula is C17H27N. The van der Waals surface area contributed by atoms with Crippen molar-refractivity contribution >= 4 is 0 Å². The minimum Gasteiger partial charge on any atom is -0.312 e. The average molecular weight is 245 g/mol. The fourth-order valence-electron chi connectivity index (χ4n) is 2.80. The molecule has 1 nitrogen and oxygen atoms in total. The van der Waals surface area contributed by atoms with Gasteiger partial charge in [0.25, 0.3) is 0 Å². The van der Waals surface area contributed by atoms with Crippen LogP contribution in [-0.4, -0.2) is 12.6 Å². The lowest BCUT2D eigenvalue weighted by molar-refractivity contribution is 0.251. The summed E-state index contributed by atoms with van der Waals surface area (Å²) in [4.78, 5) is 0. The van der Waals surface area contributed by atoms with Crippen molar-refractivity contribution in [2.45, 2.75) is 53.0 Å². The normalized spacial score (nSPS) is 30.1. The smallest absolute Gasteiger partial charge is 0.0196 e. The molecule has 18 heavy (non-hydrogen) atoms. The van der Waals surface area contributed by atoms with Gasteiger partial charge in [0, 0.05) is 11.5 Å². The highest BCUT2D eigenvalue weighted by molar-refractivity contribution is 5.28. The molecule has 0 saturated carbocycles. The lowest BCUT2D eigenvalue weighted by atomic mass is 9.71. The molecule has 1 heterocycles. The van der Waals surface area contributed by atoms with Crippen molar-refractivity contribution in [2.75, 3.05) is 6.54 Å². The van der Waals surface area contributed by atoms with Crippen molar-refractivity contribution < 1.29 is 0 Å². The number of hydrogen-bond donors (Lipinski definition) is 1. The maximum Gasteiger partial charge on any atom is 0.0196 e. The van der Waals surface area contributed by atoms with Gasteiger partial charge in [-0.3, -0.25) is 0 Å². The first-order valence-corrected chi connectivity index (χ1v) is 7.11. The van der Waals surface area contributed by atoms with Crippen LogP contribution in [0, 0.1) is 10.8 Å². The molecule has 2 aliphatic rings. The fraction of sp³-hybridized carbons (Fsp3) is 0.647. The van der Waals surface area contributed by atoms with E-state index in [1.807, 2.05) is 0 Å². The third-order valence-corrected chi connectivity index (χ3v) is 4.68. The number of nitrogens with one attached hydrogen (secondary N) is 1. The Kier molecular flexibility index (Phi) is 3.55. The van der Waals surface area contributed by atoms with E-state index in [0.29, 0.717) is 11.5 Å². The molecule has 1 saturated heterocycles. The predicted octanol–water partition coefficient (Wildman–Crippen LogP) is 4.23. The van der Waals surface area contributed by atoms with E-state index in [9.17, 15) is 0 Å². The standard InChI is InChI=1S/C17H27N/c1-13-8-11-18-15(17(13,4)5)12-14-6-9-16(2,3)10-7-14/h6-7,9,15,18H,1,8,10-12H2,2-5H3/t15-/m1/s1. The molecular weight excluding hydrogens is 218 g/mol. The van der Waals surface area contributed by atoms with Gasteiger partial charge in [0.2, 0.25) is 0 Å². The minimum atomic E-state index is 0.208. The maximum atomic E-state index is 4.26.